The molecule has 0 spiro atoms. The van der Waals surface area contributed by atoms with Crippen molar-refractivity contribution in [3.63, 3.8) is 0 Å². The van der Waals surface area contributed by atoms with Crippen LogP contribution >= 0.6 is 0 Å². The zero-order chi connectivity index (χ0) is 13.7. The van der Waals surface area contributed by atoms with E-state index < -0.39 is 0 Å². The lowest BCUT2D eigenvalue weighted by atomic mass is 10.0. The molecule has 2 rings (SSSR count). The summed E-state index contributed by atoms with van der Waals surface area (Å²) in [4.78, 5) is 5.16. The molecule has 0 aliphatic carbocycles. The van der Waals surface area contributed by atoms with Gasteiger partial charge in [0.1, 0.15) is 0 Å². The summed E-state index contributed by atoms with van der Waals surface area (Å²) in [5, 5.41) is 0. The van der Waals surface area contributed by atoms with Crippen LogP contribution in [-0.4, -0.2) is 42.0 Å². The van der Waals surface area contributed by atoms with E-state index in [2.05, 4.69) is 61.0 Å². The van der Waals surface area contributed by atoms with E-state index in [0.29, 0.717) is 6.04 Å². The van der Waals surface area contributed by atoms with Crippen LogP contribution in [0.3, 0.4) is 0 Å². The van der Waals surface area contributed by atoms with E-state index in [1.54, 1.807) is 0 Å². The highest BCUT2D eigenvalue weighted by Crippen LogP contribution is 2.18. The van der Waals surface area contributed by atoms with Crippen molar-refractivity contribution in [3.8, 4) is 0 Å². The van der Waals surface area contributed by atoms with Crippen LogP contribution in [-0.2, 0) is 6.54 Å². The second-order valence-corrected chi connectivity index (χ2v) is 6.14. The Hall–Kier alpha value is -0.860. The van der Waals surface area contributed by atoms with Crippen molar-refractivity contribution in [3.05, 3.63) is 35.9 Å². The Morgan fingerprint density at radius 1 is 1.21 bits per heavy atom. The molecule has 19 heavy (non-hydrogen) atoms. The van der Waals surface area contributed by atoms with Crippen LogP contribution in [0.25, 0.3) is 0 Å². The molecule has 0 N–H and O–H groups in total. The average molecular weight is 260 g/mol. The van der Waals surface area contributed by atoms with E-state index in [-0.39, 0.29) is 0 Å². The second kappa shape index (κ2) is 7.06. The lowest BCUT2D eigenvalue weighted by molar-refractivity contribution is 0.106. The Kier molecular flexibility index (Phi) is 5.41. The van der Waals surface area contributed by atoms with Gasteiger partial charge in [-0.2, -0.15) is 0 Å². The molecule has 2 nitrogen and oxygen atoms in total. The number of rotatable bonds is 5. The summed E-state index contributed by atoms with van der Waals surface area (Å²) in [5.74, 6) is 0. The second-order valence-electron chi connectivity index (χ2n) is 6.14. The fraction of sp³-hybridized carbons (Fsp3) is 0.647. The van der Waals surface area contributed by atoms with Crippen molar-refractivity contribution >= 4 is 0 Å². The highest BCUT2D eigenvalue weighted by Gasteiger charge is 2.22. The molecule has 1 fully saturated rings. The molecular weight excluding hydrogens is 232 g/mol. The zero-order valence-corrected chi connectivity index (χ0v) is 12.7. The monoisotopic (exact) mass is 260 g/mol. The number of benzene rings is 1. The summed E-state index contributed by atoms with van der Waals surface area (Å²) >= 11 is 0. The first-order chi connectivity index (χ1) is 9.16. The molecule has 1 aromatic rings. The average Bonchev–Trinajstić information content (AvgIpc) is 2.41. The van der Waals surface area contributed by atoms with Gasteiger partial charge in [-0.15, -0.1) is 0 Å². The molecule has 0 aromatic heterocycles. The molecule has 106 valence electrons. The fourth-order valence-corrected chi connectivity index (χ4v) is 2.92. The van der Waals surface area contributed by atoms with Crippen LogP contribution < -0.4 is 0 Å². The van der Waals surface area contributed by atoms with Gasteiger partial charge in [0.2, 0.25) is 0 Å². The van der Waals surface area contributed by atoms with Gasteiger partial charge in [-0.25, -0.2) is 0 Å². The van der Waals surface area contributed by atoms with Crippen LogP contribution in [0, 0.1) is 0 Å². The summed E-state index contributed by atoms with van der Waals surface area (Å²) in [5.41, 5.74) is 1.43. The molecule has 1 aliphatic heterocycles. The normalized spacial score (nSPS) is 21.2. The minimum atomic E-state index is 0.607. The number of likely N-dealkylation sites (N-methyl/N-ethyl adjacent to an activating group) is 1. The third-order valence-corrected chi connectivity index (χ3v) is 4.33. The predicted octanol–water partition coefficient (Wildman–Crippen LogP) is 3.38. The van der Waals surface area contributed by atoms with Gasteiger partial charge >= 0.3 is 0 Å². The molecule has 1 atom stereocenters. The number of piperidine rings is 1. The Balaban J connectivity index is 1.96. The molecule has 1 heterocycles. The Morgan fingerprint density at radius 3 is 2.58 bits per heavy atom. The first kappa shape index (κ1) is 14.5. The maximum absolute atomic E-state index is 2.61. The van der Waals surface area contributed by atoms with Gasteiger partial charge in [-0.1, -0.05) is 36.8 Å². The lowest BCUT2D eigenvalue weighted by Crippen LogP contribution is -2.46. The Morgan fingerprint density at radius 2 is 1.95 bits per heavy atom. The van der Waals surface area contributed by atoms with E-state index in [9.17, 15) is 0 Å². The number of hydrogen-bond acceptors (Lipinski definition) is 2. The molecular formula is C17H28N2. The van der Waals surface area contributed by atoms with Crippen LogP contribution in [0.5, 0.6) is 0 Å². The van der Waals surface area contributed by atoms with Crippen LogP contribution in [0.1, 0.15) is 38.7 Å². The molecule has 2 heteroatoms. The molecule has 0 saturated carbocycles. The standard InChI is InChI=1S/C17H28N2/c1-15(2)19(13-16-9-5-4-6-10-16)14-17-11-7-8-12-18(17)3/h4-6,9-10,15,17H,7-8,11-14H2,1-3H3. The topological polar surface area (TPSA) is 6.48 Å². The van der Waals surface area contributed by atoms with Crippen molar-refractivity contribution in [1.29, 1.82) is 0 Å². The van der Waals surface area contributed by atoms with Gasteiger partial charge in [0.25, 0.3) is 0 Å². The summed E-state index contributed by atoms with van der Waals surface area (Å²) < 4.78 is 0. The van der Waals surface area contributed by atoms with E-state index in [4.69, 9.17) is 0 Å². The predicted molar refractivity (Wildman–Crippen MR) is 82.3 cm³/mol. The molecule has 1 aliphatic rings. The Bertz CT molecular complexity index is 361. The molecule has 0 amide bonds. The lowest BCUT2D eigenvalue weighted by Gasteiger charge is -2.38. The van der Waals surface area contributed by atoms with E-state index in [1.165, 1.54) is 37.9 Å². The highest BCUT2D eigenvalue weighted by atomic mass is 15.2. The zero-order valence-electron chi connectivity index (χ0n) is 12.7. The number of hydrogen-bond donors (Lipinski definition) is 0. The van der Waals surface area contributed by atoms with E-state index >= 15 is 0 Å². The van der Waals surface area contributed by atoms with Gasteiger partial charge in [0.05, 0.1) is 0 Å². The van der Waals surface area contributed by atoms with E-state index in [0.717, 1.165) is 12.6 Å². The minimum absolute atomic E-state index is 0.607. The quantitative estimate of drug-likeness (QED) is 0.801. The summed E-state index contributed by atoms with van der Waals surface area (Å²) in [6.45, 7) is 8.16. The van der Waals surface area contributed by atoms with Crippen LogP contribution in [0.4, 0.5) is 0 Å². The van der Waals surface area contributed by atoms with Crippen molar-refractivity contribution < 1.29 is 0 Å². The van der Waals surface area contributed by atoms with Crippen LogP contribution in [0.15, 0.2) is 30.3 Å². The number of likely N-dealkylation sites (tertiary alicyclic amines) is 1. The van der Waals surface area contributed by atoms with Gasteiger partial charge in [0.15, 0.2) is 0 Å². The van der Waals surface area contributed by atoms with Gasteiger partial charge in [-0.3, -0.25) is 4.90 Å². The minimum Gasteiger partial charge on any atom is -0.302 e. The third kappa shape index (κ3) is 4.32. The summed E-state index contributed by atoms with van der Waals surface area (Å²) in [6, 6.07) is 12.2. The van der Waals surface area contributed by atoms with Crippen LogP contribution in [0.2, 0.25) is 0 Å². The molecule has 1 aromatic carbocycles. The largest absolute Gasteiger partial charge is 0.302 e. The maximum atomic E-state index is 2.61. The molecule has 1 saturated heterocycles. The van der Waals surface area contributed by atoms with Gasteiger partial charge in [-0.05, 0) is 45.8 Å². The summed E-state index contributed by atoms with van der Waals surface area (Å²) in [7, 11) is 2.28. The maximum Gasteiger partial charge on any atom is 0.0237 e. The highest BCUT2D eigenvalue weighted by molar-refractivity contribution is 5.14. The summed E-state index contributed by atoms with van der Waals surface area (Å²) in [6.07, 6.45) is 4.12. The molecule has 0 bridgehead atoms. The third-order valence-electron chi connectivity index (χ3n) is 4.33. The SMILES string of the molecule is CC(C)N(Cc1ccccc1)CC1CCCCN1C. The van der Waals surface area contributed by atoms with Crippen molar-refractivity contribution in [2.75, 3.05) is 20.1 Å². The van der Waals surface area contributed by atoms with Gasteiger partial charge in [0, 0.05) is 25.2 Å². The number of nitrogens with zero attached hydrogens (tertiary/aromatic N) is 2. The first-order valence-electron chi connectivity index (χ1n) is 7.65. The first-order valence-corrected chi connectivity index (χ1v) is 7.65. The smallest absolute Gasteiger partial charge is 0.0237 e. The molecule has 0 radical (unpaired) electrons. The Labute approximate surface area is 118 Å². The van der Waals surface area contributed by atoms with Crippen molar-refractivity contribution in [2.24, 2.45) is 0 Å². The fourth-order valence-electron chi connectivity index (χ4n) is 2.92. The van der Waals surface area contributed by atoms with E-state index in [1.807, 2.05) is 0 Å². The molecule has 1 unspecified atom stereocenters. The van der Waals surface area contributed by atoms with Crippen molar-refractivity contribution in [1.82, 2.24) is 9.80 Å². The van der Waals surface area contributed by atoms with Crippen molar-refractivity contribution in [2.45, 2.75) is 51.7 Å². The van der Waals surface area contributed by atoms with Gasteiger partial charge < -0.3 is 4.90 Å².